The van der Waals surface area contributed by atoms with Gasteiger partial charge in [0.25, 0.3) is 0 Å². The highest BCUT2D eigenvalue weighted by atomic mass is 16.5. The topological polar surface area (TPSA) is 29.5 Å². The molecule has 0 saturated heterocycles. The first-order valence-corrected chi connectivity index (χ1v) is 8.26. The molecule has 0 bridgehead atoms. The van der Waals surface area contributed by atoms with Gasteiger partial charge >= 0.3 is 0 Å². The number of fused-ring (bicyclic) bond motifs is 1. The Morgan fingerprint density at radius 2 is 2.05 bits per heavy atom. The van der Waals surface area contributed by atoms with Crippen LogP contribution in [0.15, 0.2) is 18.2 Å². The molecule has 1 heterocycles. The summed E-state index contributed by atoms with van der Waals surface area (Å²) in [6.45, 7) is 9.86. The average molecular weight is 290 g/mol. The molecule has 0 radical (unpaired) electrons. The van der Waals surface area contributed by atoms with E-state index in [9.17, 15) is 5.11 Å². The van der Waals surface area contributed by atoms with Crippen molar-refractivity contribution in [1.29, 1.82) is 0 Å². The number of hydrogen-bond acceptors (Lipinski definition) is 2. The Hall–Kier alpha value is -1.02. The summed E-state index contributed by atoms with van der Waals surface area (Å²) in [7, 11) is 0. The first-order chi connectivity index (χ1) is 9.83. The maximum atomic E-state index is 10.2. The van der Waals surface area contributed by atoms with E-state index in [4.69, 9.17) is 4.74 Å². The number of rotatable bonds is 6. The van der Waals surface area contributed by atoms with Crippen molar-refractivity contribution >= 4 is 0 Å². The van der Waals surface area contributed by atoms with Crippen LogP contribution in [0.1, 0.15) is 58.1 Å². The van der Waals surface area contributed by atoms with Gasteiger partial charge in [-0.05, 0) is 54.2 Å². The van der Waals surface area contributed by atoms with E-state index >= 15 is 0 Å². The number of aliphatic hydroxyl groups is 1. The van der Waals surface area contributed by atoms with Crippen LogP contribution < -0.4 is 4.74 Å². The molecule has 0 aromatic heterocycles. The van der Waals surface area contributed by atoms with Crippen molar-refractivity contribution in [3.05, 3.63) is 29.3 Å². The lowest BCUT2D eigenvalue weighted by Gasteiger charge is -2.24. The third-order valence-electron chi connectivity index (χ3n) is 4.16. The predicted molar refractivity (Wildman–Crippen MR) is 87.8 cm³/mol. The van der Waals surface area contributed by atoms with Crippen LogP contribution in [0.5, 0.6) is 5.75 Å². The summed E-state index contributed by atoms with van der Waals surface area (Å²) in [6, 6.07) is 6.45. The van der Waals surface area contributed by atoms with Crippen LogP contribution in [-0.4, -0.2) is 17.8 Å². The van der Waals surface area contributed by atoms with E-state index in [2.05, 4.69) is 45.9 Å². The Kier molecular flexibility index (Phi) is 5.32. The zero-order valence-corrected chi connectivity index (χ0v) is 14.0. The lowest BCUT2D eigenvalue weighted by molar-refractivity contribution is 0.124. The Morgan fingerprint density at radius 3 is 2.76 bits per heavy atom. The summed E-state index contributed by atoms with van der Waals surface area (Å²) in [4.78, 5) is 0. The Labute approximate surface area is 129 Å². The van der Waals surface area contributed by atoms with E-state index in [0.29, 0.717) is 11.3 Å². The van der Waals surface area contributed by atoms with E-state index in [1.165, 1.54) is 17.5 Å². The fraction of sp³-hybridized carbons (Fsp3) is 0.684. The van der Waals surface area contributed by atoms with Gasteiger partial charge in [-0.25, -0.2) is 0 Å². The van der Waals surface area contributed by atoms with Crippen molar-refractivity contribution in [3.63, 3.8) is 0 Å². The van der Waals surface area contributed by atoms with Gasteiger partial charge in [0.1, 0.15) is 5.75 Å². The lowest BCUT2D eigenvalue weighted by Crippen LogP contribution is -2.17. The molecule has 1 aliphatic rings. The normalized spacial score (nSPS) is 17.2. The largest absolute Gasteiger partial charge is 0.493 e. The summed E-state index contributed by atoms with van der Waals surface area (Å²) in [5, 5.41) is 10.2. The highest BCUT2D eigenvalue weighted by Crippen LogP contribution is 2.28. The minimum absolute atomic E-state index is 0.188. The number of hydrogen-bond donors (Lipinski definition) is 1. The number of ether oxygens (including phenoxy) is 1. The van der Waals surface area contributed by atoms with E-state index in [0.717, 1.165) is 38.0 Å². The summed E-state index contributed by atoms with van der Waals surface area (Å²) < 4.78 is 5.53. The van der Waals surface area contributed by atoms with Crippen LogP contribution in [0, 0.1) is 11.3 Å². The second-order valence-electron chi connectivity index (χ2n) is 7.84. The minimum atomic E-state index is -0.188. The molecule has 1 N–H and O–H groups in total. The monoisotopic (exact) mass is 290 g/mol. The molecular weight excluding hydrogens is 260 g/mol. The molecule has 0 fully saturated rings. The van der Waals surface area contributed by atoms with Gasteiger partial charge in [-0.3, -0.25) is 0 Å². The third-order valence-corrected chi connectivity index (χ3v) is 4.16. The summed E-state index contributed by atoms with van der Waals surface area (Å²) in [5.41, 5.74) is 2.99. The zero-order chi connectivity index (χ0) is 15.5. The number of aliphatic hydroxyl groups excluding tert-OH is 1. The van der Waals surface area contributed by atoms with E-state index in [1.807, 2.05) is 0 Å². The molecule has 0 amide bonds. The van der Waals surface area contributed by atoms with Crippen molar-refractivity contribution in [2.24, 2.45) is 11.3 Å². The first-order valence-electron chi connectivity index (χ1n) is 8.26. The molecule has 2 nitrogen and oxygen atoms in total. The van der Waals surface area contributed by atoms with Gasteiger partial charge in [-0.2, -0.15) is 0 Å². The van der Waals surface area contributed by atoms with Crippen molar-refractivity contribution in [2.75, 3.05) is 6.61 Å². The van der Waals surface area contributed by atoms with E-state index in [-0.39, 0.29) is 6.10 Å². The Balaban J connectivity index is 1.77. The molecule has 1 aromatic carbocycles. The molecule has 2 heteroatoms. The first kappa shape index (κ1) is 16.4. The zero-order valence-electron chi connectivity index (χ0n) is 14.0. The van der Waals surface area contributed by atoms with Gasteiger partial charge in [0.2, 0.25) is 0 Å². The molecule has 1 aliphatic heterocycles. The van der Waals surface area contributed by atoms with Crippen LogP contribution in [0.25, 0.3) is 0 Å². The van der Waals surface area contributed by atoms with Crippen LogP contribution in [-0.2, 0) is 12.8 Å². The Bertz CT molecular complexity index is 459. The molecule has 0 aliphatic carbocycles. The maximum absolute atomic E-state index is 10.2. The molecule has 1 aromatic rings. The van der Waals surface area contributed by atoms with Crippen molar-refractivity contribution in [1.82, 2.24) is 0 Å². The van der Waals surface area contributed by atoms with Crippen LogP contribution >= 0.6 is 0 Å². The average Bonchev–Trinajstić information content (AvgIpc) is 2.81. The molecule has 2 unspecified atom stereocenters. The van der Waals surface area contributed by atoms with Crippen LogP contribution in [0.4, 0.5) is 0 Å². The molecule has 2 atom stereocenters. The lowest BCUT2D eigenvalue weighted by atomic mass is 9.83. The van der Waals surface area contributed by atoms with Gasteiger partial charge in [0, 0.05) is 6.42 Å². The van der Waals surface area contributed by atoms with E-state index in [1.54, 1.807) is 0 Å². The minimum Gasteiger partial charge on any atom is -0.493 e. The number of aryl methyl sites for hydroxylation is 1. The SMILES string of the molecule is CC(CC(O)CCc1ccc2c(c1)CCO2)CC(C)(C)C. The molecule has 0 spiro atoms. The second kappa shape index (κ2) is 6.83. The number of benzene rings is 1. The second-order valence-corrected chi connectivity index (χ2v) is 7.84. The maximum Gasteiger partial charge on any atom is 0.122 e. The Morgan fingerprint density at radius 1 is 1.29 bits per heavy atom. The quantitative estimate of drug-likeness (QED) is 0.842. The van der Waals surface area contributed by atoms with Gasteiger partial charge < -0.3 is 9.84 Å². The van der Waals surface area contributed by atoms with Crippen molar-refractivity contribution in [2.45, 2.75) is 65.9 Å². The highest BCUT2D eigenvalue weighted by molar-refractivity contribution is 5.39. The highest BCUT2D eigenvalue weighted by Gasteiger charge is 2.18. The van der Waals surface area contributed by atoms with Gasteiger partial charge in [-0.15, -0.1) is 0 Å². The summed E-state index contributed by atoms with van der Waals surface area (Å²) in [6.07, 6.45) is 4.72. The summed E-state index contributed by atoms with van der Waals surface area (Å²) >= 11 is 0. The molecule has 118 valence electrons. The van der Waals surface area contributed by atoms with Gasteiger partial charge in [0.05, 0.1) is 12.7 Å². The fourth-order valence-corrected chi connectivity index (χ4v) is 3.44. The van der Waals surface area contributed by atoms with Gasteiger partial charge in [-0.1, -0.05) is 39.8 Å². The third kappa shape index (κ3) is 5.35. The fourth-order valence-electron chi connectivity index (χ4n) is 3.44. The molecule has 2 rings (SSSR count). The predicted octanol–water partition coefficient (Wildman–Crippen LogP) is 4.38. The van der Waals surface area contributed by atoms with Crippen molar-refractivity contribution in [3.8, 4) is 5.75 Å². The van der Waals surface area contributed by atoms with Crippen LogP contribution in [0.3, 0.4) is 0 Å². The van der Waals surface area contributed by atoms with Crippen molar-refractivity contribution < 1.29 is 9.84 Å². The van der Waals surface area contributed by atoms with E-state index < -0.39 is 0 Å². The van der Waals surface area contributed by atoms with Gasteiger partial charge in [0.15, 0.2) is 0 Å². The smallest absolute Gasteiger partial charge is 0.122 e. The standard InChI is InChI=1S/C19H30O2/c1-14(13-19(2,3)4)11-17(20)7-5-15-6-8-18-16(12-15)9-10-21-18/h6,8,12,14,17,20H,5,7,9-11,13H2,1-4H3. The molecular formula is C19H30O2. The summed E-state index contributed by atoms with van der Waals surface area (Å²) in [5.74, 6) is 1.62. The molecule has 21 heavy (non-hydrogen) atoms. The van der Waals surface area contributed by atoms with Crippen LogP contribution in [0.2, 0.25) is 0 Å². The molecule has 0 saturated carbocycles.